The van der Waals surface area contributed by atoms with Gasteiger partial charge in [-0.1, -0.05) is 53.7 Å². The van der Waals surface area contributed by atoms with Gasteiger partial charge in [0.2, 0.25) is 5.91 Å². The lowest BCUT2D eigenvalue weighted by Gasteiger charge is -2.13. The number of nitrogens with one attached hydrogen (secondary N) is 1. The Morgan fingerprint density at radius 2 is 1.86 bits per heavy atom. The van der Waals surface area contributed by atoms with Crippen molar-refractivity contribution in [2.75, 3.05) is 19.4 Å². The lowest BCUT2D eigenvalue weighted by Crippen LogP contribution is -2.32. The fourth-order valence-electron chi connectivity index (χ4n) is 2.70. The molecule has 0 aliphatic heterocycles. The highest BCUT2D eigenvalue weighted by Gasteiger charge is 2.14. The Labute approximate surface area is 172 Å². The van der Waals surface area contributed by atoms with Crippen molar-refractivity contribution in [3.8, 4) is 0 Å². The van der Waals surface area contributed by atoms with E-state index < -0.39 is 5.97 Å². The van der Waals surface area contributed by atoms with E-state index in [-0.39, 0.29) is 23.8 Å². The largest absolute Gasteiger partial charge is 0.468 e. The van der Waals surface area contributed by atoms with Crippen molar-refractivity contribution in [3.05, 3.63) is 70.0 Å². The number of carbonyl (C=O) groups excluding carboxylic acids is 2. The van der Waals surface area contributed by atoms with Crippen LogP contribution in [0.15, 0.2) is 58.5 Å². The number of nitrogens with zero attached hydrogens (tertiary/aromatic N) is 2. The predicted molar refractivity (Wildman–Crippen MR) is 112 cm³/mol. The summed E-state index contributed by atoms with van der Waals surface area (Å²) in [5, 5.41) is 3.46. The molecule has 1 amide bonds. The third-order valence-corrected chi connectivity index (χ3v) is 5.25. The van der Waals surface area contributed by atoms with E-state index in [0.29, 0.717) is 22.6 Å². The molecule has 0 aliphatic rings. The van der Waals surface area contributed by atoms with Crippen molar-refractivity contribution < 1.29 is 14.3 Å². The van der Waals surface area contributed by atoms with Gasteiger partial charge in [0.25, 0.3) is 5.56 Å². The summed E-state index contributed by atoms with van der Waals surface area (Å²) in [6, 6.07) is 15.0. The first-order valence-corrected chi connectivity index (χ1v) is 9.98. The van der Waals surface area contributed by atoms with E-state index in [4.69, 9.17) is 0 Å². The summed E-state index contributed by atoms with van der Waals surface area (Å²) in [6.07, 6.45) is 0. The fourth-order valence-corrected chi connectivity index (χ4v) is 3.53. The van der Waals surface area contributed by atoms with Gasteiger partial charge in [-0.05, 0) is 24.6 Å². The molecule has 0 atom stereocenters. The number of ether oxygens (including phenoxy) is 1. The first-order chi connectivity index (χ1) is 14.0. The minimum Gasteiger partial charge on any atom is -0.468 e. The van der Waals surface area contributed by atoms with Crippen molar-refractivity contribution >= 4 is 34.5 Å². The summed E-state index contributed by atoms with van der Waals surface area (Å²) in [5.41, 5.74) is 2.52. The second-order valence-corrected chi connectivity index (χ2v) is 7.37. The molecule has 0 saturated carbocycles. The van der Waals surface area contributed by atoms with Crippen LogP contribution < -0.4 is 10.9 Å². The lowest BCUT2D eigenvalue weighted by molar-refractivity contribution is -0.140. The van der Waals surface area contributed by atoms with Crippen LogP contribution in [0.1, 0.15) is 11.1 Å². The summed E-state index contributed by atoms with van der Waals surface area (Å²) >= 11 is 1.15. The molecule has 150 valence electrons. The average Bonchev–Trinajstić information content (AvgIpc) is 2.74. The summed E-state index contributed by atoms with van der Waals surface area (Å²) in [7, 11) is 1.26. The maximum Gasteiger partial charge on any atom is 0.325 e. The number of hydrogen-bond acceptors (Lipinski definition) is 6. The van der Waals surface area contributed by atoms with E-state index in [1.54, 1.807) is 22.8 Å². The van der Waals surface area contributed by atoms with Crippen molar-refractivity contribution in [1.29, 1.82) is 0 Å². The van der Waals surface area contributed by atoms with E-state index in [0.717, 1.165) is 22.9 Å². The minimum absolute atomic E-state index is 0.0235. The zero-order chi connectivity index (χ0) is 20.8. The number of hydrogen-bond donors (Lipinski definition) is 1. The first kappa shape index (κ1) is 20.6. The molecule has 0 radical (unpaired) electrons. The number of aryl methyl sites for hydroxylation is 1. The Kier molecular flexibility index (Phi) is 6.66. The van der Waals surface area contributed by atoms with E-state index in [1.165, 1.54) is 7.11 Å². The molecular weight excluding hydrogens is 390 g/mol. The van der Waals surface area contributed by atoms with E-state index >= 15 is 0 Å². The van der Waals surface area contributed by atoms with Crippen molar-refractivity contribution in [2.24, 2.45) is 0 Å². The van der Waals surface area contributed by atoms with Crippen molar-refractivity contribution in [2.45, 2.75) is 18.6 Å². The van der Waals surface area contributed by atoms with Crippen LogP contribution in [0.5, 0.6) is 0 Å². The third-order valence-electron chi connectivity index (χ3n) is 4.28. The van der Waals surface area contributed by atoms with Gasteiger partial charge >= 0.3 is 5.97 Å². The second-order valence-electron chi connectivity index (χ2n) is 6.43. The third kappa shape index (κ3) is 5.23. The molecule has 8 heteroatoms. The highest BCUT2D eigenvalue weighted by molar-refractivity contribution is 7.99. The molecule has 1 heterocycles. The van der Waals surface area contributed by atoms with Gasteiger partial charge in [0.1, 0.15) is 6.54 Å². The Bertz CT molecular complexity index is 1090. The van der Waals surface area contributed by atoms with Gasteiger partial charge in [-0.15, -0.1) is 0 Å². The second kappa shape index (κ2) is 9.38. The fraction of sp³-hybridized carbons (Fsp3) is 0.238. The zero-order valence-corrected chi connectivity index (χ0v) is 17.0. The SMILES string of the molecule is COC(=O)CNC(=O)CSc1nc2ccccc2c(=O)n1Cc1ccc(C)cc1. The average molecular weight is 411 g/mol. The normalized spacial score (nSPS) is 10.7. The van der Waals surface area contributed by atoms with Crippen molar-refractivity contribution in [1.82, 2.24) is 14.9 Å². The Balaban J connectivity index is 1.87. The zero-order valence-electron chi connectivity index (χ0n) is 16.2. The molecule has 0 spiro atoms. The number of para-hydroxylation sites is 1. The van der Waals surface area contributed by atoms with Gasteiger partial charge in [0.05, 0.1) is 30.3 Å². The molecule has 29 heavy (non-hydrogen) atoms. The number of carbonyl (C=O) groups is 2. The molecular formula is C21H21N3O4S. The van der Waals surface area contributed by atoms with Gasteiger partial charge in [-0.3, -0.25) is 19.0 Å². The highest BCUT2D eigenvalue weighted by Crippen LogP contribution is 2.19. The quantitative estimate of drug-likeness (QED) is 0.364. The number of aromatic nitrogens is 2. The molecule has 1 aromatic heterocycles. The monoisotopic (exact) mass is 411 g/mol. The molecule has 7 nitrogen and oxygen atoms in total. The number of rotatable bonds is 7. The summed E-state index contributed by atoms with van der Waals surface area (Å²) < 4.78 is 6.08. The summed E-state index contributed by atoms with van der Waals surface area (Å²) in [4.78, 5) is 40.9. The maximum atomic E-state index is 13.1. The van der Waals surface area contributed by atoms with Gasteiger partial charge in [-0.2, -0.15) is 0 Å². The van der Waals surface area contributed by atoms with Gasteiger partial charge in [-0.25, -0.2) is 4.98 Å². The van der Waals surface area contributed by atoms with E-state index in [2.05, 4.69) is 15.0 Å². The molecule has 1 N–H and O–H groups in total. The topological polar surface area (TPSA) is 90.3 Å². The molecule has 0 unspecified atom stereocenters. The minimum atomic E-state index is -0.525. The van der Waals surface area contributed by atoms with Crippen LogP contribution in [0.2, 0.25) is 0 Å². The van der Waals surface area contributed by atoms with Crippen LogP contribution in [0, 0.1) is 6.92 Å². The van der Waals surface area contributed by atoms with Crippen LogP contribution in [-0.2, 0) is 20.9 Å². The Morgan fingerprint density at radius 1 is 1.14 bits per heavy atom. The summed E-state index contributed by atoms with van der Waals surface area (Å²) in [5.74, 6) is -0.844. The van der Waals surface area contributed by atoms with Gasteiger partial charge < -0.3 is 10.1 Å². The van der Waals surface area contributed by atoms with Crippen molar-refractivity contribution in [3.63, 3.8) is 0 Å². The molecule has 3 aromatic rings. The van der Waals surface area contributed by atoms with Crippen LogP contribution in [0.4, 0.5) is 0 Å². The molecule has 0 saturated heterocycles. The van der Waals surface area contributed by atoms with Gasteiger partial charge in [0, 0.05) is 0 Å². The Morgan fingerprint density at radius 3 is 2.59 bits per heavy atom. The number of benzene rings is 2. The number of thioether (sulfide) groups is 1. The number of methoxy groups -OCH3 is 1. The molecule has 2 aromatic carbocycles. The lowest BCUT2D eigenvalue weighted by atomic mass is 10.1. The molecule has 0 aliphatic carbocycles. The van der Waals surface area contributed by atoms with Crippen LogP contribution in [-0.4, -0.2) is 40.8 Å². The predicted octanol–water partition coefficient (Wildman–Crippen LogP) is 2.13. The maximum absolute atomic E-state index is 13.1. The first-order valence-electron chi connectivity index (χ1n) is 8.99. The number of amides is 1. The molecule has 3 rings (SSSR count). The highest BCUT2D eigenvalue weighted by atomic mass is 32.2. The smallest absolute Gasteiger partial charge is 0.325 e. The van der Waals surface area contributed by atoms with Crippen LogP contribution in [0.3, 0.4) is 0 Å². The van der Waals surface area contributed by atoms with Gasteiger partial charge in [0.15, 0.2) is 5.16 Å². The van der Waals surface area contributed by atoms with E-state index in [9.17, 15) is 14.4 Å². The van der Waals surface area contributed by atoms with E-state index in [1.807, 2.05) is 37.3 Å². The molecule has 0 fully saturated rings. The number of fused-ring (bicyclic) bond motifs is 1. The van der Waals surface area contributed by atoms with Crippen LogP contribution in [0.25, 0.3) is 10.9 Å². The Hall–Kier alpha value is -3.13. The van der Waals surface area contributed by atoms with Crippen LogP contribution >= 0.6 is 11.8 Å². The standard InChI is InChI=1S/C21H21N3O4S/c1-14-7-9-15(10-8-14)12-24-20(27)16-5-3-4-6-17(16)23-21(24)29-13-18(25)22-11-19(26)28-2/h3-10H,11-13H2,1-2H3,(H,22,25). The number of esters is 1. The molecule has 0 bridgehead atoms. The summed E-state index contributed by atoms with van der Waals surface area (Å²) in [6.45, 7) is 2.15.